The summed E-state index contributed by atoms with van der Waals surface area (Å²) < 4.78 is 40.2. The first-order valence-electron chi connectivity index (χ1n) is 5.11. The molecule has 0 bridgehead atoms. The molecule has 2 nitrogen and oxygen atoms in total. The largest absolute Gasteiger partial charge is 0.573 e. The lowest BCUT2D eigenvalue weighted by Gasteiger charge is -2.14. The topological polar surface area (TPSA) is 21.3 Å². The van der Waals surface area contributed by atoms with Gasteiger partial charge in [-0.2, -0.15) is 0 Å². The summed E-state index contributed by atoms with van der Waals surface area (Å²) >= 11 is 0. The molecule has 0 aliphatic rings. The van der Waals surface area contributed by atoms with Crippen molar-refractivity contribution in [3.8, 4) is 5.75 Å². The number of benzene rings is 1. The summed E-state index contributed by atoms with van der Waals surface area (Å²) in [4.78, 5) is 0. The summed E-state index contributed by atoms with van der Waals surface area (Å²) in [5.41, 5.74) is 1.29. The molecule has 1 rings (SSSR count). The van der Waals surface area contributed by atoms with Gasteiger partial charge in [0, 0.05) is 6.54 Å². The molecule has 1 N–H and O–H groups in total. The Labute approximate surface area is 98.1 Å². The number of rotatable bonds is 5. The Kier molecular flexibility index (Phi) is 4.43. The van der Waals surface area contributed by atoms with Crippen LogP contribution in [-0.4, -0.2) is 12.9 Å². The highest BCUT2D eigenvalue weighted by Crippen LogP contribution is 2.29. The van der Waals surface area contributed by atoms with E-state index in [9.17, 15) is 13.2 Å². The number of hydrogen-bond donors (Lipinski definition) is 1. The van der Waals surface area contributed by atoms with Crippen LogP contribution in [0.3, 0.4) is 0 Å². The Balaban J connectivity index is 2.67. The van der Waals surface area contributed by atoms with Crippen molar-refractivity contribution in [3.05, 3.63) is 36.4 Å². The number of nitrogens with one attached hydrogen (secondary N) is 1. The van der Waals surface area contributed by atoms with Gasteiger partial charge in [0.1, 0.15) is 0 Å². The van der Waals surface area contributed by atoms with E-state index in [0.717, 1.165) is 5.57 Å². The van der Waals surface area contributed by atoms with E-state index in [-0.39, 0.29) is 5.75 Å². The van der Waals surface area contributed by atoms with Crippen molar-refractivity contribution in [2.75, 3.05) is 11.9 Å². The van der Waals surface area contributed by atoms with E-state index < -0.39 is 6.36 Å². The SMILES string of the molecule is C=C(C)CCNc1ccccc1OC(F)(F)F. The molecule has 0 aromatic heterocycles. The average Bonchev–Trinajstić information content (AvgIpc) is 2.17. The summed E-state index contributed by atoms with van der Waals surface area (Å²) in [6.07, 6.45) is -3.98. The number of ether oxygens (including phenoxy) is 1. The predicted molar refractivity (Wildman–Crippen MR) is 61.0 cm³/mol. The van der Waals surface area contributed by atoms with E-state index in [1.807, 2.05) is 6.92 Å². The van der Waals surface area contributed by atoms with Crippen LogP contribution in [0.25, 0.3) is 0 Å². The Morgan fingerprint density at radius 1 is 1.35 bits per heavy atom. The van der Waals surface area contributed by atoms with Crippen LogP contribution in [-0.2, 0) is 0 Å². The Bertz CT molecular complexity index is 388. The smallest absolute Gasteiger partial charge is 0.404 e. The number of hydrogen-bond acceptors (Lipinski definition) is 2. The van der Waals surface area contributed by atoms with E-state index in [1.165, 1.54) is 12.1 Å². The second-order valence-corrected chi connectivity index (χ2v) is 3.68. The van der Waals surface area contributed by atoms with Crippen molar-refractivity contribution in [1.82, 2.24) is 0 Å². The number of para-hydroxylation sites is 2. The first-order chi connectivity index (χ1) is 7.88. The average molecular weight is 245 g/mol. The molecule has 0 aliphatic heterocycles. The first kappa shape index (κ1) is 13.4. The fourth-order valence-electron chi connectivity index (χ4n) is 1.24. The fourth-order valence-corrected chi connectivity index (χ4v) is 1.24. The third kappa shape index (κ3) is 5.29. The Morgan fingerprint density at radius 2 is 2.00 bits per heavy atom. The number of alkyl halides is 3. The van der Waals surface area contributed by atoms with Crippen LogP contribution in [0.15, 0.2) is 36.4 Å². The van der Waals surface area contributed by atoms with Crippen LogP contribution >= 0.6 is 0 Å². The molecule has 0 amide bonds. The third-order valence-corrected chi connectivity index (χ3v) is 1.98. The van der Waals surface area contributed by atoms with Crippen molar-refractivity contribution in [2.45, 2.75) is 19.7 Å². The molecule has 0 saturated heterocycles. The minimum Gasteiger partial charge on any atom is -0.404 e. The third-order valence-electron chi connectivity index (χ3n) is 1.98. The maximum Gasteiger partial charge on any atom is 0.573 e. The predicted octanol–water partition coefficient (Wildman–Crippen LogP) is 3.96. The lowest BCUT2D eigenvalue weighted by Crippen LogP contribution is -2.18. The van der Waals surface area contributed by atoms with Crippen LogP contribution in [0.5, 0.6) is 5.75 Å². The molecule has 0 fully saturated rings. The van der Waals surface area contributed by atoms with E-state index in [1.54, 1.807) is 12.1 Å². The molecule has 17 heavy (non-hydrogen) atoms. The molecule has 0 radical (unpaired) electrons. The van der Waals surface area contributed by atoms with Gasteiger partial charge < -0.3 is 10.1 Å². The fraction of sp³-hybridized carbons (Fsp3) is 0.333. The van der Waals surface area contributed by atoms with Crippen LogP contribution in [0, 0.1) is 0 Å². The van der Waals surface area contributed by atoms with Crippen molar-refractivity contribution < 1.29 is 17.9 Å². The van der Waals surface area contributed by atoms with E-state index in [4.69, 9.17) is 0 Å². The van der Waals surface area contributed by atoms with Crippen LogP contribution in [0.1, 0.15) is 13.3 Å². The summed E-state index contributed by atoms with van der Waals surface area (Å²) in [5, 5.41) is 2.88. The van der Waals surface area contributed by atoms with Gasteiger partial charge in [-0.05, 0) is 25.5 Å². The highest BCUT2D eigenvalue weighted by molar-refractivity contribution is 5.56. The molecule has 0 atom stereocenters. The summed E-state index contributed by atoms with van der Waals surface area (Å²) in [6.45, 7) is 6.10. The van der Waals surface area contributed by atoms with E-state index >= 15 is 0 Å². The van der Waals surface area contributed by atoms with Crippen LogP contribution < -0.4 is 10.1 Å². The zero-order valence-corrected chi connectivity index (χ0v) is 9.47. The Morgan fingerprint density at radius 3 is 2.59 bits per heavy atom. The molecule has 0 heterocycles. The first-order valence-corrected chi connectivity index (χ1v) is 5.11. The second kappa shape index (κ2) is 5.61. The van der Waals surface area contributed by atoms with Crippen molar-refractivity contribution in [3.63, 3.8) is 0 Å². The van der Waals surface area contributed by atoms with Gasteiger partial charge in [0.05, 0.1) is 5.69 Å². The van der Waals surface area contributed by atoms with Gasteiger partial charge in [-0.15, -0.1) is 19.8 Å². The minimum atomic E-state index is -4.67. The maximum absolute atomic E-state index is 12.1. The molecular formula is C12H14F3NO. The summed E-state index contributed by atoms with van der Waals surface area (Å²) in [7, 11) is 0. The summed E-state index contributed by atoms with van der Waals surface area (Å²) in [5.74, 6) is -0.221. The molecule has 0 aliphatic carbocycles. The molecule has 1 aromatic rings. The number of anilines is 1. The zero-order valence-electron chi connectivity index (χ0n) is 9.47. The lowest BCUT2D eigenvalue weighted by atomic mass is 10.2. The molecule has 0 unspecified atom stereocenters. The van der Waals surface area contributed by atoms with Gasteiger partial charge >= 0.3 is 6.36 Å². The molecule has 0 saturated carbocycles. The van der Waals surface area contributed by atoms with Crippen molar-refractivity contribution in [1.29, 1.82) is 0 Å². The van der Waals surface area contributed by atoms with Gasteiger partial charge in [-0.25, -0.2) is 0 Å². The van der Waals surface area contributed by atoms with Crippen LogP contribution in [0.2, 0.25) is 0 Å². The standard InChI is InChI=1S/C12H14F3NO/c1-9(2)7-8-16-10-5-3-4-6-11(10)17-12(13,14)15/h3-6,16H,1,7-8H2,2H3. The van der Waals surface area contributed by atoms with Gasteiger partial charge in [-0.1, -0.05) is 17.7 Å². The molecule has 5 heteroatoms. The lowest BCUT2D eigenvalue weighted by molar-refractivity contribution is -0.274. The highest BCUT2D eigenvalue weighted by atomic mass is 19.4. The normalized spacial score (nSPS) is 11.1. The molecule has 1 aromatic carbocycles. The molecule has 94 valence electrons. The Hall–Kier alpha value is -1.65. The quantitative estimate of drug-likeness (QED) is 0.793. The second-order valence-electron chi connectivity index (χ2n) is 3.68. The number of halogens is 3. The van der Waals surface area contributed by atoms with Gasteiger partial charge in [0.25, 0.3) is 0 Å². The van der Waals surface area contributed by atoms with Crippen molar-refractivity contribution >= 4 is 5.69 Å². The molecule has 0 spiro atoms. The van der Waals surface area contributed by atoms with Gasteiger partial charge in [-0.3, -0.25) is 0 Å². The maximum atomic E-state index is 12.1. The highest BCUT2D eigenvalue weighted by Gasteiger charge is 2.31. The van der Waals surface area contributed by atoms with Gasteiger partial charge in [0.15, 0.2) is 5.75 Å². The monoisotopic (exact) mass is 245 g/mol. The zero-order chi connectivity index (χ0) is 12.9. The van der Waals surface area contributed by atoms with Gasteiger partial charge in [0.2, 0.25) is 0 Å². The summed E-state index contributed by atoms with van der Waals surface area (Å²) in [6, 6.07) is 5.95. The van der Waals surface area contributed by atoms with E-state index in [0.29, 0.717) is 18.7 Å². The minimum absolute atomic E-state index is 0.221. The van der Waals surface area contributed by atoms with Crippen LogP contribution in [0.4, 0.5) is 18.9 Å². The molecular weight excluding hydrogens is 231 g/mol. The van der Waals surface area contributed by atoms with Crippen molar-refractivity contribution in [2.24, 2.45) is 0 Å². The van der Waals surface area contributed by atoms with E-state index in [2.05, 4.69) is 16.6 Å².